The largest absolute Gasteiger partial charge is 0.387 e. The molecule has 8 nitrogen and oxygen atoms in total. The number of anilines is 1. The molecular formula is C26H26Cl2N6O2. The Morgan fingerprint density at radius 3 is 2.47 bits per heavy atom. The minimum Gasteiger partial charge on any atom is -0.387 e. The van der Waals surface area contributed by atoms with E-state index in [4.69, 9.17) is 23.2 Å². The van der Waals surface area contributed by atoms with Crippen molar-refractivity contribution in [3.05, 3.63) is 105 Å². The molecular weight excluding hydrogens is 499 g/mol. The topological polar surface area (TPSA) is 105 Å². The van der Waals surface area contributed by atoms with Crippen LogP contribution in [0.5, 0.6) is 0 Å². The molecule has 0 aliphatic heterocycles. The lowest BCUT2D eigenvalue weighted by molar-refractivity contribution is -0.115. The van der Waals surface area contributed by atoms with Crippen LogP contribution in [0.2, 0.25) is 10.0 Å². The van der Waals surface area contributed by atoms with Crippen LogP contribution in [0.3, 0.4) is 0 Å². The average molecular weight is 525 g/mol. The third-order valence-electron chi connectivity index (χ3n) is 5.59. The first-order chi connectivity index (χ1) is 17.5. The van der Waals surface area contributed by atoms with Crippen LogP contribution in [0, 0.1) is 0 Å². The van der Waals surface area contributed by atoms with Crippen molar-refractivity contribution in [2.45, 2.75) is 25.5 Å². The maximum absolute atomic E-state index is 12.6. The maximum atomic E-state index is 12.6. The van der Waals surface area contributed by atoms with E-state index in [1.165, 1.54) is 0 Å². The van der Waals surface area contributed by atoms with Crippen molar-refractivity contribution in [1.82, 2.24) is 25.5 Å². The number of amides is 1. The Kier molecular flexibility index (Phi) is 9.02. The van der Waals surface area contributed by atoms with Gasteiger partial charge in [0.05, 0.1) is 29.1 Å². The lowest BCUT2D eigenvalue weighted by Crippen LogP contribution is -2.23. The van der Waals surface area contributed by atoms with Crippen LogP contribution in [0.4, 0.5) is 5.69 Å². The summed E-state index contributed by atoms with van der Waals surface area (Å²) in [6, 6.07) is 22.6. The van der Waals surface area contributed by atoms with Crippen molar-refractivity contribution in [3.8, 4) is 0 Å². The molecule has 0 aliphatic rings. The van der Waals surface area contributed by atoms with Gasteiger partial charge < -0.3 is 15.7 Å². The number of tetrazole rings is 1. The second kappa shape index (κ2) is 12.6. The number of halogens is 2. The van der Waals surface area contributed by atoms with Crippen LogP contribution in [-0.4, -0.2) is 44.3 Å². The zero-order valence-electron chi connectivity index (χ0n) is 19.4. The summed E-state index contributed by atoms with van der Waals surface area (Å²) in [5.41, 5.74) is 3.59. The molecule has 36 heavy (non-hydrogen) atoms. The molecule has 10 heteroatoms. The average Bonchev–Trinajstić information content (AvgIpc) is 3.31. The molecule has 3 N–H and O–H groups in total. The number of benzene rings is 3. The van der Waals surface area contributed by atoms with E-state index in [1.807, 2.05) is 60.7 Å². The standard InChI is InChI=1S/C26H26Cl2N6O2/c27-22-11-8-19(14-23(22)28)17-34-25(31-32-33-34)15-26(36)30-21-9-6-18(7-10-21)12-13-29-16-24(35)20-4-2-1-3-5-20/h1-11,14,24,29,35H,12-13,15-17H2,(H,30,36)/t24-/m0/s1. The summed E-state index contributed by atoms with van der Waals surface area (Å²) >= 11 is 12.0. The highest BCUT2D eigenvalue weighted by molar-refractivity contribution is 6.42. The first-order valence-electron chi connectivity index (χ1n) is 11.5. The van der Waals surface area contributed by atoms with Gasteiger partial charge in [-0.3, -0.25) is 4.79 Å². The smallest absolute Gasteiger partial charge is 0.232 e. The molecule has 0 fully saturated rings. The molecule has 0 radical (unpaired) electrons. The predicted molar refractivity (Wildman–Crippen MR) is 140 cm³/mol. The van der Waals surface area contributed by atoms with Crippen LogP contribution in [0.15, 0.2) is 72.8 Å². The molecule has 1 atom stereocenters. The molecule has 0 unspecified atom stereocenters. The number of hydrogen-bond acceptors (Lipinski definition) is 6. The van der Waals surface area contributed by atoms with E-state index in [9.17, 15) is 9.90 Å². The number of hydrogen-bond donors (Lipinski definition) is 3. The van der Waals surface area contributed by atoms with Crippen molar-refractivity contribution in [2.75, 3.05) is 18.4 Å². The predicted octanol–water partition coefficient (Wildman–Crippen LogP) is 4.08. The number of rotatable bonds is 11. The molecule has 4 rings (SSSR count). The Bertz CT molecular complexity index is 1280. The molecule has 0 bridgehead atoms. The maximum Gasteiger partial charge on any atom is 0.232 e. The quantitative estimate of drug-likeness (QED) is 0.255. The van der Waals surface area contributed by atoms with Gasteiger partial charge in [0.2, 0.25) is 5.91 Å². The summed E-state index contributed by atoms with van der Waals surface area (Å²) in [4.78, 5) is 12.6. The van der Waals surface area contributed by atoms with Crippen molar-refractivity contribution >= 4 is 34.8 Å². The highest BCUT2D eigenvalue weighted by Crippen LogP contribution is 2.23. The normalized spacial score (nSPS) is 11.9. The molecule has 1 aromatic heterocycles. The summed E-state index contributed by atoms with van der Waals surface area (Å²) in [5.74, 6) is 0.225. The number of aliphatic hydroxyl groups excluding tert-OH is 1. The van der Waals surface area contributed by atoms with E-state index in [1.54, 1.807) is 16.8 Å². The van der Waals surface area contributed by atoms with Crippen molar-refractivity contribution in [3.63, 3.8) is 0 Å². The fourth-order valence-electron chi connectivity index (χ4n) is 3.65. The summed E-state index contributed by atoms with van der Waals surface area (Å²) in [6.07, 6.45) is 0.303. The number of carbonyl (C=O) groups is 1. The van der Waals surface area contributed by atoms with E-state index < -0.39 is 6.10 Å². The molecule has 4 aromatic rings. The number of nitrogens with zero attached hydrogens (tertiary/aromatic N) is 4. The van der Waals surface area contributed by atoms with Gasteiger partial charge in [-0.15, -0.1) is 5.10 Å². The van der Waals surface area contributed by atoms with Gasteiger partial charge >= 0.3 is 0 Å². The van der Waals surface area contributed by atoms with Gasteiger partial charge in [0.15, 0.2) is 5.82 Å². The van der Waals surface area contributed by atoms with E-state index >= 15 is 0 Å². The van der Waals surface area contributed by atoms with Gasteiger partial charge in [-0.25, -0.2) is 4.68 Å². The summed E-state index contributed by atoms with van der Waals surface area (Å²) in [5, 5.41) is 28.9. The van der Waals surface area contributed by atoms with Gasteiger partial charge in [-0.1, -0.05) is 71.7 Å². The zero-order valence-corrected chi connectivity index (χ0v) is 21.0. The van der Waals surface area contributed by atoms with Gasteiger partial charge in [0.25, 0.3) is 0 Å². The highest BCUT2D eigenvalue weighted by Gasteiger charge is 2.13. The second-order valence-corrected chi connectivity index (χ2v) is 9.12. The molecule has 186 valence electrons. The summed E-state index contributed by atoms with van der Waals surface area (Å²) < 4.78 is 1.56. The van der Waals surface area contributed by atoms with Crippen molar-refractivity contribution in [2.24, 2.45) is 0 Å². The summed E-state index contributed by atoms with van der Waals surface area (Å²) in [6.45, 7) is 1.59. The second-order valence-electron chi connectivity index (χ2n) is 8.30. The van der Waals surface area contributed by atoms with Crippen molar-refractivity contribution in [1.29, 1.82) is 0 Å². The third-order valence-corrected chi connectivity index (χ3v) is 6.33. The Morgan fingerprint density at radius 2 is 1.72 bits per heavy atom. The minimum absolute atomic E-state index is 0.0315. The number of aromatic nitrogens is 4. The number of aliphatic hydroxyl groups is 1. The van der Waals surface area contributed by atoms with Gasteiger partial charge in [0.1, 0.15) is 0 Å². The van der Waals surface area contributed by atoms with Crippen molar-refractivity contribution < 1.29 is 9.90 Å². The molecule has 0 spiro atoms. The molecule has 1 heterocycles. The molecule has 1 amide bonds. The van der Waals surface area contributed by atoms with Crippen LogP contribution < -0.4 is 10.6 Å². The Morgan fingerprint density at radius 1 is 0.972 bits per heavy atom. The Balaban J connectivity index is 1.22. The molecule has 0 saturated carbocycles. The fraction of sp³-hybridized carbons (Fsp3) is 0.231. The lowest BCUT2D eigenvalue weighted by Gasteiger charge is -2.12. The van der Waals surface area contributed by atoms with E-state index in [0.717, 1.165) is 29.7 Å². The molecule has 0 aliphatic carbocycles. The molecule has 3 aromatic carbocycles. The van der Waals surface area contributed by atoms with Crippen LogP contribution in [0.25, 0.3) is 0 Å². The van der Waals surface area contributed by atoms with Crippen LogP contribution >= 0.6 is 23.2 Å². The number of nitrogens with one attached hydrogen (secondary N) is 2. The first-order valence-corrected chi connectivity index (χ1v) is 12.2. The van der Waals surface area contributed by atoms with Gasteiger partial charge in [-0.05, 0) is 64.3 Å². The van der Waals surface area contributed by atoms with E-state index in [2.05, 4.69) is 26.2 Å². The highest BCUT2D eigenvalue weighted by atomic mass is 35.5. The minimum atomic E-state index is -0.534. The Hall–Kier alpha value is -3.30. The monoisotopic (exact) mass is 524 g/mol. The lowest BCUT2D eigenvalue weighted by atomic mass is 10.1. The first kappa shape index (κ1) is 25.8. The third kappa shape index (κ3) is 7.35. The van der Waals surface area contributed by atoms with Gasteiger partial charge in [0, 0.05) is 12.2 Å². The Labute approximate surface area is 219 Å². The molecule has 0 saturated heterocycles. The zero-order chi connectivity index (χ0) is 25.3. The SMILES string of the molecule is O=C(Cc1nnnn1Cc1ccc(Cl)c(Cl)c1)Nc1ccc(CCNC[C@H](O)c2ccccc2)cc1. The van der Waals surface area contributed by atoms with Crippen LogP contribution in [-0.2, 0) is 24.2 Å². The summed E-state index contributed by atoms with van der Waals surface area (Å²) in [7, 11) is 0. The van der Waals surface area contributed by atoms with E-state index in [-0.39, 0.29) is 12.3 Å². The number of carbonyl (C=O) groups excluding carboxylic acids is 1. The van der Waals surface area contributed by atoms with Crippen LogP contribution in [0.1, 0.15) is 28.6 Å². The van der Waals surface area contributed by atoms with E-state index in [0.29, 0.717) is 34.6 Å². The fourth-order valence-corrected chi connectivity index (χ4v) is 3.97. The van der Waals surface area contributed by atoms with Gasteiger partial charge in [-0.2, -0.15) is 0 Å².